The molecule has 0 unspecified atom stereocenters. The van der Waals surface area contributed by atoms with Crippen LogP contribution in [0.4, 0.5) is 5.69 Å². The third-order valence-electron chi connectivity index (χ3n) is 9.04. The van der Waals surface area contributed by atoms with Crippen LogP contribution in [0.15, 0.2) is 57.6 Å². The second-order valence-corrected chi connectivity index (χ2v) is 13.6. The van der Waals surface area contributed by atoms with Crippen LogP contribution in [0.5, 0.6) is 5.75 Å². The number of hydrogen-bond acceptors (Lipinski definition) is 10. The predicted octanol–water partition coefficient (Wildman–Crippen LogP) is 3.56. The zero-order valence-corrected chi connectivity index (χ0v) is 26.2. The molecular formula is C34H37N5O7. The maximum absolute atomic E-state index is 14.0. The van der Waals surface area contributed by atoms with Crippen LogP contribution in [-0.4, -0.2) is 50.4 Å². The lowest BCUT2D eigenvalue weighted by Crippen LogP contribution is -2.53. The second kappa shape index (κ2) is 10.7. The SMILES string of the molecule is CC(C)[C@H](O)C(=O)N[C@H]1Cc2ccc3c(c2)[C@@]2(c4ccccc4N[C@@H]2O3)c2oc(nc2-c2nc(CO)co2)[C@H](C(C)(C)C)NC1=O. The molecule has 240 valence electrons. The fraction of sp³-hybridized carbons (Fsp3) is 0.412. The molecule has 5 heterocycles. The molecule has 12 nitrogen and oxygen atoms in total. The highest BCUT2D eigenvalue weighted by Gasteiger charge is 2.61. The summed E-state index contributed by atoms with van der Waals surface area (Å²) in [7, 11) is 0. The van der Waals surface area contributed by atoms with E-state index in [2.05, 4.69) is 20.9 Å². The molecule has 4 bridgehead atoms. The number of rotatable bonds is 5. The number of oxazole rings is 2. The van der Waals surface area contributed by atoms with Crippen molar-refractivity contribution in [2.75, 3.05) is 5.32 Å². The Labute approximate surface area is 265 Å². The molecule has 2 aromatic heterocycles. The first-order valence-corrected chi connectivity index (χ1v) is 15.4. The van der Waals surface area contributed by atoms with Gasteiger partial charge < -0.3 is 39.7 Å². The van der Waals surface area contributed by atoms with Gasteiger partial charge in [-0.15, -0.1) is 0 Å². The van der Waals surface area contributed by atoms with Gasteiger partial charge in [0.25, 0.3) is 0 Å². The van der Waals surface area contributed by atoms with E-state index in [1.807, 2.05) is 63.2 Å². The number of nitrogens with zero attached hydrogens (tertiary/aromatic N) is 2. The number of ether oxygens (including phenoxy) is 1. The smallest absolute Gasteiger partial charge is 0.249 e. The lowest BCUT2D eigenvalue weighted by atomic mass is 9.72. The van der Waals surface area contributed by atoms with E-state index in [9.17, 15) is 19.8 Å². The van der Waals surface area contributed by atoms with Crippen LogP contribution in [0.3, 0.4) is 0 Å². The Hall–Kier alpha value is -4.68. The summed E-state index contributed by atoms with van der Waals surface area (Å²) in [5, 5.41) is 29.7. The van der Waals surface area contributed by atoms with Crippen molar-refractivity contribution in [1.82, 2.24) is 20.6 Å². The summed E-state index contributed by atoms with van der Waals surface area (Å²) in [6.45, 7) is 9.00. The standard InChI is InChI=1S/C34H37N5O7/c1-16(2)25(41)29(43)36-22-13-17-10-11-23-20(12-17)34(19-8-6-7-9-21(19)37-32(34)45-23)27-24(30-35-18(14-40)15-44-30)38-31(46-27)26(33(3,4)5)39-28(22)42/h6-12,15-16,22,25-26,32,37,40-41H,13-14H2,1-5H3,(H,36,43)(H,39,42)/t22-,25-,26+,32+,34-/m0/s1. The van der Waals surface area contributed by atoms with Crippen molar-refractivity contribution in [3.8, 4) is 17.3 Å². The van der Waals surface area contributed by atoms with Gasteiger partial charge in [-0.25, -0.2) is 9.97 Å². The molecule has 2 amide bonds. The number of aliphatic hydroxyl groups excluding tert-OH is 2. The molecule has 0 fully saturated rings. The molecule has 0 saturated heterocycles. The molecule has 3 aliphatic heterocycles. The van der Waals surface area contributed by atoms with E-state index in [0.717, 1.165) is 22.4 Å². The number of anilines is 1. The fourth-order valence-corrected chi connectivity index (χ4v) is 6.61. The number of nitrogens with one attached hydrogen (secondary N) is 3. The number of para-hydroxylation sites is 1. The predicted molar refractivity (Wildman–Crippen MR) is 166 cm³/mol. The first kappa shape index (κ1) is 30.0. The summed E-state index contributed by atoms with van der Waals surface area (Å²) < 4.78 is 19.2. The van der Waals surface area contributed by atoms with E-state index in [-0.39, 0.29) is 30.7 Å². The highest BCUT2D eigenvalue weighted by molar-refractivity contribution is 5.90. The highest BCUT2D eigenvalue weighted by atomic mass is 16.5. The Balaban J connectivity index is 1.49. The Morgan fingerprint density at radius 1 is 1.13 bits per heavy atom. The van der Waals surface area contributed by atoms with E-state index < -0.39 is 47.1 Å². The van der Waals surface area contributed by atoms with Crippen LogP contribution in [0, 0.1) is 11.3 Å². The molecule has 5 N–H and O–H groups in total. The van der Waals surface area contributed by atoms with Crippen molar-refractivity contribution < 1.29 is 33.4 Å². The zero-order chi connectivity index (χ0) is 32.5. The van der Waals surface area contributed by atoms with Crippen molar-refractivity contribution in [3.05, 3.63) is 82.8 Å². The Morgan fingerprint density at radius 2 is 1.91 bits per heavy atom. The minimum atomic E-state index is -1.28. The maximum atomic E-state index is 14.0. The average Bonchev–Trinajstić information content (AvgIpc) is 3.78. The van der Waals surface area contributed by atoms with Crippen molar-refractivity contribution >= 4 is 17.5 Å². The maximum Gasteiger partial charge on any atom is 0.249 e. The minimum Gasteiger partial charge on any atom is -0.469 e. The molecule has 0 aliphatic carbocycles. The van der Waals surface area contributed by atoms with Crippen molar-refractivity contribution in [2.24, 2.45) is 11.3 Å². The lowest BCUT2D eigenvalue weighted by molar-refractivity contribution is -0.136. The van der Waals surface area contributed by atoms with Gasteiger partial charge in [0.1, 0.15) is 41.3 Å². The number of fused-ring (bicyclic) bond motifs is 4. The van der Waals surface area contributed by atoms with E-state index in [0.29, 0.717) is 22.9 Å². The topological polar surface area (TPSA) is 172 Å². The molecule has 7 rings (SSSR count). The van der Waals surface area contributed by atoms with Gasteiger partial charge in [0, 0.05) is 17.7 Å². The van der Waals surface area contributed by atoms with Gasteiger partial charge in [-0.3, -0.25) is 9.59 Å². The van der Waals surface area contributed by atoms with Gasteiger partial charge in [0.15, 0.2) is 17.7 Å². The third-order valence-corrected chi connectivity index (χ3v) is 9.04. The largest absolute Gasteiger partial charge is 0.469 e. The van der Waals surface area contributed by atoms with Crippen LogP contribution < -0.4 is 20.7 Å². The van der Waals surface area contributed by atoms with Gasteiger partial charge in [0.05, 0.1) is 6.61 Å². The summed E-state index contributed by atoms with van der Waals surface area (Å²) in [6, 6.07) is 11.8. The number of amides is 2. The zero-order valence-electron chi connectivity index (χ0n) is 26.2. The van der Waals surface area contributed by atoms with E-state index in [1.165, 1.54) is 6.26 Å². The van der Waals surface area contributed by atoms with Crippen molar-refractivity contribution in [3.63, 3.8) is 0 Å². The average molecular weight is 628 g/mol. The summed E-state index contributed by atoms with van der Waals surface area (Å²) in [6.07, 6.45) is -0.380. The van der Waals surface area contributed by atoms with Crippen LogP contribution in [0.25, 0.3) is 11.6 Å². The van der Waals surface area contributed by atoms with E-state index >= 15 is 0 Å². The second-order valence-electron chi connectivity index (χ2n) is 13.6. The van der Waals surface area contributed by atoms with Crippen LogP contribution >= 0.6 is 0 Å². The minimum absolute atomic E-state index is 0.151. The number of carbonyl (C=O) groups excluding carboxylic acids is 2. The molecule has 4 aromatic rings. The third kappa shape index (κ3) is 4.58. The number of benzene rings is 2. The summed E-state index contributed by atoms with van der Waals surface area (Å²) >= 11 is 0. The van der Waals surface area contributed by atoms with Crippen molar-refractivity contribution in [1.29, 1.82) is 0 Å². The fourth-order valence-electron chi connectivity index (χ4n) is 6.61. The van der Waals surface area contributed by atoms with Crippen molar-refractivity contribution in [2.45, 2.75) is 77.5 Å². The van der Waals surface area contributed by atoms with Gasteiger partial charge in [-0.1, -0.05) is 65.0 Å². The molecular weight excluding hydrogens is 590 g/mol. The van der Waals surface area contributed by atoms with Crippen LogP contribution in [0.1, 0.15) is 74.7 Å². The van der Waals surface area contributed by atoms with Gasteiger partial charge in [-0.05, 0) is 34.6 Å². The molecule has 0 radical (unpaired) electrons. The summed E-state index contributed by atoms with van der Waals surface area (Å²) in [5.74, 6) is -0.0293. The number of carbonyl (C=O) groups is 2. The highest BCUT2D eigenvalue weighted by Crippen LogP contribution is 2.59. The number of aromatic nitrogens is 2. The van der Waals surface area contributed by atoms with Crippen LogP contribution in [0.2, 0.25) is 0 Å². The number of hydrogen-bond donors (Lipinski definition) is 5. The van der Waals surface area contributed by atoms with Gasteiger partial charge in [-0.2, -0.15) is 0 Å². The molecule has 12 heteroatoms. The van der Waals surface area contributed by atoms with Gasteiger partial charge in [0.2, 0.25) is 23.6 Å². The Bertz CT molecular complexity index is 1840. The first-order valence-electron chi connectivity index (χ1n) is 15.4. The molecule has 3 aliphatic rings. The van der Waals surface area contributed by atoms with Gasteiger partial charge >= 0.3 is 0 Å². The van der Waals surface area contributed by atoms with E-state index in [1.54, 1.807) is 13.8 Å². The first-order chi connectivity index (χ1) is 21.9. The molecule has 1 spiro atoms. The summed E-state index contributed by atoms with van der Waals surface area (Å²) in [5.41, 5.74) is 2.29. The molecule has 46 heavy (non-hydrogen) atoms. The quantitative estimate of drug-likeness (QED) is 0.220. The monoisotopic (exact) mass is 627 g/mol. The van der Waals surface area contributed by atoms with E-state index in [4.69, 9.17) is 18.6 Å². The Morgan fingerprint density at radius 3 is 2.63 bits per heavy atom. The lowest BCUT2D eigenvalue weighted by Gasteiger charge is -2.32. The molecule has 2 aromatic carbocycles. The Kier molecular flexibility index (Phi) is 6.98. The molecule has 5 atom stereocenters. The van der Waals surface area contributed by atoms with Crippen LogP contribution in [-0.2, 0) is 28.0 Å². The number of aliphatic hydroxyl groups is 2. The summed E-state index contributed by atoms with van der Waals surface area (Å²) in [4.78, 5) is 36.6. The molecule has 0 saturated carbocycles. The normalized spacial score (nSPS) is 23.7.